The molecule has 2 nitrogen and oxygen atoms in total. The molecule has 1 aliphatic carbocycles. The molecule has 1 aliphatic heterocycles. The van der Waals surface area contributed by atoms with Crippen LogP contribution in [0, 0.1) is 41.0 Å². The second kappa shape index (κ2) is 8.79. The highest BCUT2D eigenvalue weighted by atomic mass is 19.3. The summed E-state index contributed by atoms with van der Waals surface area (Å²) in [5, 5.41) is 9.43. The quantitative estimate of drug-likeness (QED) is 0.256. The lowest BCUT2D eigenvalue weighted by Gasteiger charge is -2.35. The van der Waals surface area contributed by atoms with Gasteiger partial charge in [-0.1, -0.05) is 24.8 Å². The van der Waals surface area contributed by atoms with E-state index in [1.165, 1.54) is 6.07 Å². The number of aromatic hydroxyl groups is 1. The van der Waals surface area contributed by atoms with Gasteiger partial charge < -0.3 is 9.84 Å². The third-order valence-corrected chi connectivity index (χ3v) is 6.48. The summed E-state index contributed by atoms with van der Waals surface area (Å²) in [4.78, 5) is 0. The highest BCUT2D eigenvalue weighted by molar-refractivity contribution is 5.78. The molecule has 3 aromatic carbocycles. The molecule has 0 saturated carbocycles. The van der Waals surface area contributed by atoms with Crippen molar-refractivity contribution in [2.75, 3.05) is 6.61 Å². The lowest BCUT2D eigenvalue weighted by Crippen LogP contribution is -2.41. The second-order valence-electron chi connectivity index (χ2n) is 9.08. The molecule has 0 saturated heterocycles. The highest BCUT2D eigenvalue weighted by Crippen LogP contribution is 2.59. The van der Waals surface area contributed by atoms with Crippen LogP contribution in [0.2, 0.25) is 0 Å². The molecular formula is C28H16F8O2. The monoisotopic (exact) mass is 536 g/mol. The molecule has 0 spiro atoms. The van der Waals surface area contributed by atoms with Crippen LogP contribution in [0.25, 0.3) is 16.9 Å². The summed E-state index contributed by atoms with van der Waals surface area (Å²) in [5.74, 6) is -13.6. The standard InChI is InChI=1S/C28H16F8O2/c1-13-2-11-20(38-12-13)18-8-6-15(24(30)25(18)31)4-3-14-5-7-16-17-9-10-19(37)26(32)22(17)28(35,36)27(33,34)21(16)23(14)29/h5-11,13,37H,2,12H2,1H3. The van der Waals surface area contributed by atoms with Crippen LogP contribution in [0.15, 0.2) is 42.5 Å². The number of ether oxygens (including phenoxy) is 1. The van der Waals surface area contributed by atoms with Crippen molar-refractivity contribution < 1.29 is 45.0 Å². The van der Waals surface area contributed by atoms with Crippen molar-refractivity contribution in [2.24, 2.45) is 5.92 Å². The fraction of sp³-hybridized carbons (Fsp3) is 0.214. The summed E-state index contributed by atoms with van der Waals surface area (Å²) in [6.07, 6.45) is 2.21. The van der Waals surface area contributed by atoms with Crippen LogP contribution < -0.4 is 0 Å². The Balaban J connectivity index is 1.59. The predicted molar refractivity (Wildman–Crippen MR) is 121 cm³/mol. The Bertz CT molecular complexity index is 1580. The van der Waals surface area contributed by atoms with E-state index in [4.69, 9.17) is 4.74 Å². The summed E-state index contributed by atoms with van der Waals surface area (Å²) in [5.41, 5.74) is -6.44. The lowest BCUT2D eigenvalue weighted by atomic mass is 9.79. The molecule has 0 amide bonds. The third-order valence-electron chi connectivity index (χ3n) is 6.48. The van der Waals surface area contributed by atoms with Crippen LogP contribution in [0.1, 0.15) is 41.2 Å². The number of alkyl halides is 4. The van der Waals surface area contributed by atoms with Gasteiger partial charge in [-0.3, -0.25) is 0 Å². The van der Waals surface area contributed by atoms with Gasteiger partial charge in [0.15, 0.2) is 23.2 Å². The Morgan fingerprint density at radius 2 is 1.26 bits per heavy atom. The molecule has 3 aromatic rings. The minimum atomic E-state index is -5.23. The minimum absolute atomic E-state index is 0.146. The lowest BCUT2D eigenvalue weighted by molar-refractivity contribution is -0.227. The van der Waals surface area contributed by atoms with E-state index in [0.717, 1.165) is 24.3 Å². The predicted octanol–water partition coefficient (Wildman–Crippen LogP) is 7.61. The van der Waals surface area contributed by atoms with Gasteiger partial charge in [0.05, 0.1) is 34.4 Å². The van der Waals surface area contributed by atoms with Crippen LogP contribution in [-0.4, -0.2) is 11.7 Å². The van der Waals surface area contributed by atoms with Gasteiger partial charge in [-0.2, -0.15) is 17.6 Å². The van der Waals surface area contributed by atoms with Crippen LogP contribution >= 0.6 is 0 Å². The second-order valence-corrected chi connectivity index (χ2v) is 9.08. The number of hydrogen-bond acceptors (Lipinski definition) is 2. The molecule has 1 N–H and O–H groups in total. The Kier molecular flexibility index (Phi) is 5.93. The molecule has 10 heteroatoms. The van der Waals surface area contributed by atoms with E-state index in [-0.39, 0.29) is 17.2 Å². The van der Waals surface area contributed by atoms with Gasteiger partial charge in [0.1, 0.15) is 11.6 Å². The first-order valence-corrected chi connectivity index (χ1v) is 11.3. The number of fused-ring (bicyclic) bond motifs is 3. The van der Waals surface area contributed by atoms with Crippen molar-refractivity contribution >= 4 is 5.76 Å². The number of allylic oxidation sites excluding steroid dienone is 1. The summed E-state index contributed by atoms with van der Waals surface area (Å²) in [6.45, 7) is 2.23. The van der Waals surface area contributed by atoms with Crippen molar-refractivity contribution in [3.05, 3.63) is 93.6 Å². The van der Waals surface area contributed by atoms with E-state index in [2.05, 4.69) is 11.8 Å². The largest absolute Gasteiger partial charge is 0.505 e. The van der Waals surface area contributed by atoms with Gasteiger partial charge in [-0.15, -0.1) is 0 Å². The van der Waals surface area contributed by atoms with Gasteiger partial charge in [0.2, 0.25) is 0 Å². The first kappa shape index (κ1) is 25.6. The molecule has 0 radical (unpaired) electrons. The smallest absolute Gasteiger partial charge is 0.343 e. The molecule has 1 unspecified atom stereocenters. The van der Waals surface area contributed by atoms with E-state index in [1.54, 1.807) is 6.08 Å². The van der Waals surface area contributed by atoms with Crippen molar-refractivity contribution in [1.82, 2.24) is 0 Å². The number of phenols is 1. The summed E-state index contributed by atoms with van der Waals surface area (Å²) >= 11 is 0. The summed E-state index contributed by atoms with van der Waals surface area (Å²) < 4.78 is 124. The molecule has 5 rings (SSSR count). The fourth-order valence-corrected chi connectivity index (χ4v) is 4.44. The van der Waals surface area contributed by atoms with Crippen molar-refractivity contribution in [2.45, 2.75) is 25.2 Å². The average molecular weight is 536 g/mol. The first-order chi connectivity index (χ1) is 17.9. The Morgan fingerprint density at radius 3 is 1.84 bits per heavy atom. The Labute approximate surface area is 211 Å². The van der Waals surface area contributed by atoms with Gasteiger partial charge in [-0.25, -0.2) is 17.6 Å². The third kappa shape index (κ3) is 3.71. The minimum Gasteiger partial charge on any atom is -0.505 e. The molecule has 196 valence electrons. The van der Waals surface area contributed by atoms with Crippen LogP contribution in [0.5, 0.6) is 5.75 Å². The zero-order valence-electron chi connectivity index (χ0n) is 19.4. The molecule has 0 fully saturated rings. The van der Waals surface area contributed by atoms with Crippen molar-refractivity contribution in [3.63, 3.8) is 0 Å². The van der Waals surface area contributed by atoms with E-state index in [0.29, 0.717) is 19.1 Å². The maximum atomic E-state index is 15.2. The average Bonchev–Trinajstić information content (AvgIpc) is 2.86. The van der Waals surface area contributed by atoms with Crippen LogP contribution in [-0.2, 0) is 16.6 Å². The van der Waals surface area contributed by atoms with E-state index in [1.807, 2.05) is 6.92 Å². The summed E-state index contributed by atoms with van der Waals surface area (Å²) in [6, 6.07) is 5.45. The zero-order valence-corrected chi connectivity index (χ0v) is 19.4. The topological polar surface area (TPSA) is 29.5 Å². The van der Waals surface area contributed by atoms with Gasteiger partial charge in [-0.05, 0) is 59.9 Å². The van der Waals surface area contributed by atoms with Gasteiger partial charge in [0.25, 0.3) is 0 Å². The van der Waals surface area contributed by atoms with Gasteiger partial charge in [0, 0.05) is 0 Å². The SMILES string of the molecule is CC1CC=C(c2ccc(C#Cc3ccc4c(c3F)C(F)(F)C(F)(F)c3c-4ccc(O)c3F)c(F)c2F)OC1. The normalized spacial score (nSPS) is 18.9. The molecular weight excluding hydrogens is 520 g/mol. The Hall–Kier alpha value is -4.00. The summed E-state index contributed by atoms with van der Waals surface area (Å²) in [7, 11) is 0. The van der Waals surface area contributed by atoms with E-state index in [9.17, 15) is 35.8 Å². The van der Waals surface area contributed by atoms with Crippen LogP contribution in [0.3, 0.4) is 0 Å². The number of phenolic OH excluding ortho intramolecular Hbond substituents is 1. The number of rotatable bonds is 1. The maximum Gasteiger partial charge on any atom is 0.343 e. The van der Waals surface area contributed by atoms with Crippen molar-refractivity contribution in [3.8, 4) is 28.7 Å². The van der Waals surface area contributed by atoms with E-state index < -0.39 is 74.2 Å². The van der Waals surface area contributed by atoms with E-state index >= 15 is 4.39 Å². The molecule has 1 atom stereocenters. The molecule has 38 heavy (non-hydrogen) atoms. The highest BCUT2D eigenvalue weighted by Gasteiger charge is 2.65. The molecule has 1 heterocycles. The maximum absolute atomic E-state index is 15.2. The number of benzene rings is 3. The molecule has 0 bridgehead atoms. The zero-order chi connectivity index (χ0) is 27.6. The fourth-order valence-electron chi connectivity index (χ4n) is 4.44. The number of hydrogen-bond donors (Lipinski definition) is 1. The first-order valence-electron chi connectivity index (χ1n) is 11.3. The molecule has 0 aromatic heterocycles. The van der Waals surface area contributed by atoms with Crippen molar-refractivity contribution in [1.29, 1.82) is 0 Å². The van der Waals surface area contributed by atoms with Gasteiger partial charge >= 0.3 is 11.8 Å². The Morgan fingerprint density at radius 1 is 0.737 bits per heavy atom. The number of halogens is 8. The van der Waals surface area contributed by atoms with Crippen LogP contribution in [0.4, 0.5) is 35.1 Å². The molecule has 2 aliphatic rings.